The van der Waals surface area contributed by atoms with Gasteiger partial charge in [0.15, 0.2) is 17.2 Å². The Morgan fingerprint density at radius 1 is 1.27 bits per heavy atom. The topological polar surface area (TPSA) is 73.6 Å². The lowest BCUT2D eigenvalue weighted by Crippen LogP contribution is -2.20. The standard InChI is InChI=1S/C13H9F3N2O4/c14-13(15,16)11-7(12(19)20)6-17-18(11)8-2-1-3-9-10(8)22-5-4-21-9/h1-3,6H,4-5H2,(H,19,20). The fourth-order valence-corrected chi connectivity index (χ4v) is 2.19. The van der Waals surface area contributed by atoms with Crippen molar-refractivity contribution < 1.29 is 32.5 Å². The molecular weight excluding hydrogens is 305 g/mol. The highest BCUT2D eigenvalue weighted by Crippen LogP contribution is 2.40. The number of hydrogen-bond acceptors (Lipinski definition) is 4. The molecule has 1 N–H and O–H groups in total. The summed E-state index contributed by atoms with van der Waals surface area (Å²) in [6.45, 7) is 0.459. The van der Waals surface area contributed by atoms with Gasteiger partial charge in [0.1, 0.15) is 24.5 Å². The molecule has 0 fully saturated rings. The molecule has 22 heavy (non-hydrogen) atoms. The van der Waals surface area contributed by atoms with Crippen LogP contribution in [-0.4, -0.2) is 34.1 Å². The van der Waals surface area contributed by atoms with Gasteiger partial charge in [0, 0.05) is 0 Å². The molecule has 0 atom stereocenters. The number of carboxylic acid groups (broad SMARTS) is 1. The van der Waals surface area contributed by atoms with E-state index in [9.17, 15) is 18.0 Å². The van der Waals surface area contributed by atoms with E-state index in [0.717, 1.165) is 0 Å². The molecule has 116 valence electrons. The van der Waals surface area contributed by atoms with Gasteiger partial charge in [-0.05, 0) is 12.1 Å². The van der Waals surface area contributed by atoms with E-state index in [-0.39, 0.29) is 30.4 Å². The number of carbonyl (C=O) groups is 1. The summed E-state index contributed by atoms with van der Waals surface area (Å²) in [6.07, 6.45) is -4.23. The van der Waals surface area contributed by atoms with Crippen LogP contribution in [0.25, 0.3) is 5.69 Å². The maximum Gasteiger partial charge on any atom is 0.434 e. The van der Waals surface area contributed by atoms with E-state index in [1.807, 2.05) is 0 Å². The van der Waals surface area contributed by atoms with Crippen molar-refractivity contribution in [2.24, 2.45) is 0 Å². The first-order chi connectivity index (χ1) is 10.4. The number of ether oxygens (including phenoxy) is 2. The second-order valence-electron chi connectivity index (χ2n) is 4.42. The average Bonchev–Trinajstić information content (AvgIpc) is 2.91. The van der Waals surface area contributed by atoms with Crippen LogP contribution in [0.15, 0.2) is 24.4 Å². The zero-order chi connectivity index (χ0) is 15.9. The summed E-state index contributed by atoms with van der Waals surface area (Å²) in [6, 6.07) is 4.37. The number of para-hydroxylation sites is 1. The molecule has 0 radical (unpaired) electrons. The second kappa shape index (κ2) is 4.93. The van der Waals surface area contributed by atoms with Crippen molar-refractivity contribution in [1.82, 2.24) is 9.78 Å². The van der Waals surface area contributed by atoms with Crippen LogP contribution in [0.2, 0.25) is 0 Å². The van der Waals surface area contributed by atoms with Crippen molar-refractivity contribution in [3.8, 4) is 17.2 Å². The number of aromatic carboxylic acids is 1. The Morgan fingerprint density at radius 3 is 2.68 bits per heavy atom. The first-order valence-electron chi connectivity index (χ1n) is 6.17. The molecule has 2 heterocycles. The van der Waals surface area contributed by atoms with Crippen molar-refractivity contribution in [1.29, 1.82) is 0 Å². The number of carboxylic acids is 1. The van der Waals surface area contributed by atoms with Gasteiger partial charge in [0.25, 0.3) is 0 Å². The predicted molar refractivity (Wildman–Crippen MR) is 66.5 cm³/mol. The van der Waals surface area contributed by atoms with Gasteiger partial charge in [-0.1, -0.05) is 6.07 Å². The molecule has 0 bridgehead atoms. The summed E-state index contributed by atoms with van der Waals surface area (Å²) < 4.78 is 50.8. The zero-order valence-electron chi connectivity index (χ0n) is 10.9. The van der Waals surface area contributed by atoms with Gasteiger partial charge in [0.2, 0.25) is 0 Å². The predicted octanol–water partition coefficient (Wildman–Crippen LogP) is 2.36. The van der Waals surface area contributed by atoms with Crippen LogP contribution < -0.4 is 9.47 Å². The molecule has 3 rings (SSSR count). The maximum atomic E-state index is 13.2. The Balaban J connectivity index is 2.24. The third-order valence-electron chi connectivity index (χ3n) is 3.04. The number of fused-ring (bicyclic) bond motifs is 1. The first kappa shape index (κ1) is 14.2. The molecule has 1 aliphatic heterocycles. The smallest absolute Gasteiger partial charge is 0.434 e. The summed E-state index contributed by atoms with van der Waals surface area (Å²) in [5.41, 5.74) is -2.33. The molecule has 2 aromatic rings. The number of alkyl halides is 3. The molecule has 0 saturated heterocycles. The average molecular weight is 314 g/mol. The summed E-state index contributed by atoms with van der Waals surface area (Å²) in [5.74, 6) is -1.33. The summed E-state index contributed by atoms with van der Waals surface area (Å²) >= 11 is 0. The first-order valence-corrected chi connectivity index (χ1v) is 6.17. The fourth-order valence-electron chi connectivity index (χ4n) is 2.19. The van der Waals surface area contributed by atoms with Gasteiger partial charge in [0.05, 0.1) is 6.20 Å². The normalized spacial score (nSPS) is 14.0. The minimum absolute atomic E-state index is 0.0305. The largest absolute Gasteiger partial charge is 0.486 e. The number of aromatic nitrogens is 2. The van der Waals surface area contributed by atoms with E-state index in [1.165, 1.54) is 12.1 Å². The minimum Gasteiger partial charge on any atom is -0.486 e. The van der Waals surface area contributed by atoms with Gasteiger partial charge in [-0.3, -0.25) is 0 Å². The fraction of sp³-hybridized carbons (Fsp3) is 0.231. The molecule has 1 aliphatic rings. The number of rotatable bonds is 2. The monoisotopic (exact) mass is 314 g/mol. The Morgan fingerprint density at radius 2 is 2.00 bits per heavy atom. The van der Waals surface area contributed by atoms with Crippen LogP contribution in [0.5, 0.6) is 11.5 Å². The molecule has 9 heteroatoms. The van der Waals surface area contributed by atoms with Gasteiger partial charge in [-0.2, -0.15) is 18.3 Å². The van der Waals surface area contributed by atoms with Gasteiger partial charge < -0.3 is 14.6 Å². The summed E-state index contributed by atoms with van der Waals surface area (Å²) in [4.78, 5) is 11.0. The molecule has 0 saturated carbocycles. The molecule has 0 spiro atoms. The highest BCUT2D eigenvalue weighted by atomic mass is 19.4. The number of hydrogen-bond donors (Lipinski definition) is 1. The van der Waals surface area contributed by atoms with E-state index < -0.39 is 23.4 Å². The molecule has 6 nitrogen and oxygen atoms in total. The number of benzene rings is 1. The SMILES string of the molecule is O=C(O)c1cnn(-c2cccc3c2OCCO3)c1C(F)(F)F. The van der Waals surface area contributed by atoms with Crippen LogP contribution in [0.4, 0.5) is 13.2 Å². The third-order valence-corrected chi connectivity index (χ3v) is 3.04. The Bertz CT molecular complexity index is 739. The quantitative estimate of drug-likeness (QED) is 0.921. The van der Waals surface area contributed by atoms with E-state index in [2.05, 4.69) is 5.10 Å². The van der Waals surface area contributed by atoms with Crippen LogP contribution in [0.1, 0.15) is 16.1 Å². The molecular formula is C13H9F3N2O4. The lowest BCUT2D eigenvalue weighted by molar-refractivity contribution is -0.143. The van der Waals surface area contributed by atoms with Crippen molar-refractivity contribution in [3.05, 3.63) is 35.7 Å². The van der Waals surface area contributed by atoms with Crippen LogP contribution in [-0.2, 0) is 6.18 Å². The van der Waals surface area contributed by atoms with Crippen molar-refractivity contribution >= 4 is 5.97 Å². The molecule has 0 unspecified atom stereocenters. The van der Waals surface area contributed by atoms with Crippen molar-refractivity contribution in [3.63, 3.8) is 0 Å². The summed E-state index contributed by atoms with van der Waals surface area (Å²) in [5, 5.41) is 12.5. The Hall–Kier alpha value is -2.71. The highest BCUT2D eigenvalue weighted by molar-refractivity contribution is 5.89. The van der Waals surface area contributed by atoms with Crippen LogP contribution >= 0.6 is 0 Å². The highest BCUT2D eigenvalue weighted by Gasteiger charge is 2.41. The van der Waals surface area contributed by atoms with Crippen molar-refractivity contribution in [2.75, 3.05) is 13.2 Å². The second-order valence-corrected chi connectivity index (χ2v) is 4.42. The van der Waals surface area contributed by atoms with Crippen LogP contribution in [0.3, 0.4) is 0 Å². The molecule has 1 aromatic carbocycles. The zero-order valence-corrected chi connectivity index (χ0v) is 10.9. The number of nitrogens with zero attached hydrogens (tertiary/aromatic N) is 2. The molecule has 0 amide bonds. The van der Waals surface area contributed by atoms with Gasteiger partial charge >= 0.3 is 12.1 Å². The van der Waals surface area contributed by atoms with Gasteiger partial charge in [-0.25, -0.2) is 9.48 Å². The van der Waals surface area contributed by atoms with Crippen molar-refractivity contribution in [2.45, 2.75) is 6.18 Å². The minimum atomic E-state index is -4.89. The summed E-state index contributed by atoms with van der Waals surface area (Å²) in [7, 11) is 0. The van der Waals surface area contributed by atoms with E-state index >= 15 is 0 Å². The third kappa shape index (κ3) is 2.24. The van der Waals surface area contributed by atoms with Crippen LogP contribution in [0, 0.1) is 0 Å². The Kier molecular flexibility index (Phi) is 3.19. The lowest BCUT2D eigenvalue weighted by atomic mass is 10.2. The van der Waals surface area contributed by atoms with E-state index in [0.29, 0.717) is 10.9 Å². The lowest BCUT2D eigenvalue weighted by Gasteiger charge is -2.21. The van der Waals surface area contributed by atoms with Gasteiger partial charge in [-0.15, -0.1) is 0 Å². The van der Waals surface area contributed by atoms with E-state index in [1.54, 1.807) is 6.07 Å². The Labute approximate surface area is 121 Å². The van der Waals surface area contributed by atoms with E-state index in [4.69, 9.17) is 14.6 Å². The molecule has 1 aromatic heterocycles. The molecule has 0 aliphatic carbocycles. The number of halogens is 3. The maximum absolute atomic E-state index is 13.2.